The molecule has 3 heterocycles. The van der Waals surface area contributed by atoms with Crippen LogP contribution in [0.2, 0.25) is 5.02 Å². The number of benzene rings is 1. The summed E-state index contributed by atoms with van der Waals surface area (Å²) in [6.45, 7) is 3.58. The fourth-order valence-corrected chi connectivity index (χ4v) is 4.49. The van der Waals surface area contributed by atoms with E-state index in [0.717, 1.165) is 49.5 Å². The Morgan fingerprint density at radius 1 is 1.21 bits per heavy atom. The number of halogens is 1. The van der Waals surface area contributed by atoms with Crippen LogP contribution in [-0.2, 0) is 31.0 Å². The summed E-state index contributed by atoms with van der Waals surface area (Å²) in [7, 11) is 0. The first-order chi connectivity index (χ1) is 13.5. The highest BCUT2D eigenvalue weighted by atomic mass is 35.5. The van der Waals surface area contributed by atoms with E-state index < -0.39 is 16.7 Å². The summed E-state index contributed by atoms with van der Waals surface area (Å²) in [6.07, 6.45) is 3.04. The van der Waals surface area contributed by atoms with Crippen molar-refractivity contribution in [3.8, 4) is 0 Å². The molecule has 0 N–H and O–H groups in total. The molecule has 0 bridgehead atoms. The number of ether oxygens (including phenoxy) is 1. The van der Waals surface area contributed by atoms with Gasteiger partial charge < -0.3 is 4.74 Å². The molecule has 2 aromatic rings. The Hall–Kier alpha value is -1.96. The van der Waals surface area contributed by atoms with Crippen LogP contribution in [0.3, 0.4) is 0 Å². The van der Waals surface area contributed by atoms with Crippen LogP contribution < -0.4 is 11.1 Å². The summed E-state index contributed by atoms with van der Waals surface area (Å²) >= 11 is 6.09. The van der Waals surface area contributed by atoms with Crippen LogP contribution in [0.15, 0.2) is 33.9 Å². The molecule has 2 aliphatic heterocycles. The minimum absolute atomic E-state index is 0.269. The maximum Gasteiger partial charge on any atom is 0.332 e. The van der Waals surface area contributed by atoms with Gasteiger partial charge >= 0.3 is 11.1 Å². The van der Waals surface area contributed by atoms with Crippen molar-refractivity contribution in [3.05, 3.63) is 61.4 Å². The van der Waals surface area contributed by atoms with Gasteiger partial charge in [0.1, 0.15) is 12.2 Å². The van der Waals surface area contributed by atoms with Gasteiger partial charge in [0.2, 0.25) is 0 Å². The van der Waals surface area contributed by atoms with Gasteiger partial charge in [0, 0.05) is 31.2 Å². The first-order valence-electron chi connectivity index (χ1n) is 9.83. The van der Waals surface area contributed by atoms with Crippen molar-refractivity contribution in [2.24, 2.45) is 5.92 Å². The third-order valence-electron chi connectivity index (χ3n) is 5.98. The van der Waals surface area contributed by atoms with Crippen molar-refractivity contribution < 1.29 is 4.74 Å². The molecule has 0 amide bonds. The van der Waals surface area contributed by atoms with E-state index >= 15 is 0 Å². The smallest absolute Gasteiger partial charge is 0.332 e. The van der Waals surface area contributed by atoms with E-state index in [-0.39, 0.29) is 6.61 Å². The zero-order valence-electron chi connectivity index (χ0n) is 15.6. The second-order valence-corrected chi connectivity index (χ2v) is 8.74. The van der Waals surface area contributed by atoms with Gasteiger partial charge in [0.25, 0.3) is 0 Å². The average molecular weight is 403 g/mol. The Morgan fingerprint density at radius 3 is 2.86 bits per heavy atom. The lowest BCUT2D eigenvalue weighted by Crippen LogP contribution is -2.53. The minimum atomic E-state index is -0.513. The summed E-state index contributed by atoms with van der Waals surface area (Å²) in [5.74, 6) is 1.04. The molecule has 1 spiro atoms. The predicted octanol–water partition coefficient (Wildman–Crippen LogP) is 1.64. The van der Waals surface area contributed by atoms with E-state index in [1.165, 1.54) is 9.25 Å². The van der Waals surface area contributed by atoms with Gasteiger partial charge in [-0.15, -0.1) is 0 Å². The molecule has 148 valence electrons. The van der Waals surface area contributed by atoms with Crippen LogP contribution in [0.1, 0.15) is 30.7 Å². The van der Waals surface area contributed by atoms with Crippen LogP contribution in [0.5, 0.6) is 0 Å². The van der Waals surface area contributed by atoms with Crippen molar-refractivity contribution in [2.45, 2.75) is 51.1 Å². The van der Waals surface area contributed by atoms with Crippen molar-refractivity contribution >= 4 is 11.6 Å². The van der Waals surface area contributed by atoms with E-state index in [1.54, 1.807) is 0 Å². The monoisotopic (exact) mass is 402 g/mol. The molecule has 1 saturated carbocycles. The second-order valence-electron chi connectivity index (χ2n) is 8.30. The van der Waals surface area contributed by atoms with E-state index in [9.17, 15) is 9.59 Å². The van der Waals surface area contributed by atoms with E-state index in [0.29, 0.717) is 24.8 Å². The highest BCUT2D eigenvalue weighted by Gasteiger charge is 2.43. The first kappa shape index (κ1) is 18.1. The van der Waals surface area contributed by atoms with Crippen LogP contribution in [0, 0.1) is 5.92 Å². The van der Waals surface area contributed by atoms with Crippen molar-refractivity contribution in [3.63, 3.8) is 0 Å². The van der Waals surface area contributed by atoms with Crippen molar-refractivity contribution in [1.82, 2.24) is 19.2 Å². The van der Waals surface area contributed by atoms with Gasteiger partial charge in [-0.25, -0.2) is 4.68 Å². The number of hydrogen-bond acceptors (Lipinski definition) is 5. The molecule has 1 atom stereocenters. The molecular formula is C20H23ClN4O3. The molecule has 8 heteroatoms. The molecule has 1 aliphatic carbocycles. The predicted molar refractivity (Wildman–Crippen MR) is 104 cm³/mol. The highest BCUT2D eigenvalue weighted by molar-refractivity contribution is 6.30. The molecular weight excluding hydrogens is 380 g/mol. The van der Waals surface area contributed by atoms with Crippen LogP contribution in [0.25, 0.3) is 0 Å². The standard InChI is InChI=1S/C20H23ClN4O3/c21-16-3-1-2-15(8-16)9-23-7-6-20(12-23)13-24-17(11-28-20)22-25(10-14-4-5-14)19(27)18(24)26/h1-3,8,14H,4-7,9-13H2. The topological polar surface area (TPSA) is 69.4 Å². The molecule has 7 nitrogen and oxygen atoms in total. The van der Waals surface area contributed by atoms with Gasteiger partial charge in [-0.05, 0) is 42.9 Å². The van der Waals surface area contributed by atoms with E-state index in [4.69, 9.17) is 16.3 Å². The molecule has 1 saturated heterocycles. The Kier molecular flexibility index (Phi) is 4.41. The third kappa shape index (κ3) is 3.43. The zero-order valence-corrected chi connectivity index (χ0v) is 16.4. The number of fused-ring (bicyclic) bond motifs is 1. The van der Waals surface area contributed by atoms with Gasteiger partial charge in [-0.2, -0.15) is 5.10 Å². The summed E-state index contributed by atoms with van der Waals surface area (Å²) in [5, 5.41) is 5.15. The van der Waals surface area contributed by atoms with E-state index in [2.05, 4.69) is 16.1 Å². The fraction of sp³-hybridized carbons (Fsp3) is 0.550. The maximum atomic E-state index is 12.7. The Labute approximate surface area is 167 Å². The fourth-order valence-electron chi connectivity index (χ4n) is 4.27. The summed E-state index contributed by atoms with van der Waals surface area (Å²) in [5.41, 5.74) is -0.266. The minimum Gasteiger partial charge on any atom is -0.364 e. The van der Waals surface area contributed by atoms with Crippen molar-refractivity contribution in [1.29, 1.82) is 0 Å². The SMILES string of the molecule is O=c1c(=O)n2c(nn1CC1CC1)COC1(CCN(Cc3cccc(Cl)c3)C1)C2. The van der Waals surface area contributed by atoms with E-state index in [1.807, 2.05) is 18.2 Å². The van der Waals surface area contributed by atoms with Crippen LogP contribution in [-0.4, -0.2) is 37.9 Å². The number of aromatic nitrogens is 3. The van der Waals surface area contributed by atoms with Gasteiger partial charge in [-0.3, -0.25) is 19.1 Å². The molecule has 2 fully saturated rings. The number of hydrogen-bond donors (Lipinski definition) is 0. The van der Waals surface area contributed by atoms with Gasteiger partial charge in [0.05, 0.1) is 6.54 Å². The summed E-state index contributed by atoms with van der Waals surface area (Å²) in [6, 6.07) is 7.85. The lowest BCUT2D eigenvalue weighted by Gasteiger charge is -2.35. The third-order valence-corrected chi connectivity index (χ3v) is 6.22. The Balaban J connectivity index is 1.35. The summed E-state index contributed by atoms with van der Waals surface area (Å²) < 4.78 is 9.09. The highest BCUT2D eigenvalue weighted by Crippen LogP contribution is 2.32. The molecule has 1 aromatic carbocycles. The van der Waals surface area contributed by atoms with Gasteiger partial charge in [-0.1, -0.05) is 23.7 Å². The lowest BCUT2D eigenvalue weighted by molar-refractivity contribution is -0.0859. The Bertz CT molecular complexity index is 1030. The van der Waals surface area contributed by atoms with Crippen molar-refractivity contribution in [2.75, 3.05) is 13.1 Å². The van der Waals surface area contributed by atoms with Gasteiger partial charge in [0.15, 0.2) is 5.82 Å². The molecule has 1 unspecified atom stereocenters. The number of nitrogens with zero attached hydrogens (tertiary/aromatic N) is 4. The zero-order chi connectivity index (χ0) is 19.3. The largest absolute Gasteiger partial charge is 0.364 e. The van der Waals surface area contributed by atoms with Crippen LogP contribution in [0.4, 0.5) is 0 Å². The molecule has 0 radical (unpaired) electrons. The maximum absolute atomic E-state index is 12.7. The quantitative estimate of drug-likeness (QED) is 0.727. The number of rotatable bonds is 4. The Morgan fingerprint density at radius 2 is 2.07 bits per heavy atom. The summed E-state index contributed by atoms with van der Waals surface area (Å²) in [4.78, 5) is 27.4. The molecule has 28 heavy (non-hydrogen) atoms. The second kappa shape index (κ2) is 6.83. The lowest BCUT2D eigenvalue weighted by atomic mass is 10.0. The molecule has 1 aromatic heterocycles. The van der Waals surface area contributed by atoms with Crippen LogP contribution >= 0.6 is 11.6 Å². The molecule has 5 rings (SSSR count). The number of likely N-dealkylation sites (tertiary alicyclic amines) is 1. The average Bonchev–Trinajstić information content (AvgIpc) is 3.41. The normalized spacial score (nSPS) is 24.6. The first-order valence-corrected chi connectivity index (χ1v) is 10.2. The molecule has 3 aliphatic rings.